The number of rotatable bonds is 13. The molecule has 1 atom stereocenters. The SMILES string of the molecule is COc1ccc(C[C@H](Nc2nc3ccc(CNC(=O)OCCN4CCCCC4)c(C)c3c(=O)o2)C(=O)N(C)Cc2ccccc2)cc1. The van der Waals surface area contributed by atoms with Crippen molar-refractivity contribution in [2.75, 3.05) is 45.7 Å². The van der Waals surface area contributed by atoms with Gasteiger partial charge in [-0.1, -0.05) is 55.0 Å². The van der Waals surface area contributed by atoms with Crippen LogP contribution in [0.2, 0.25) is 0 Å². The van der Waals surface area contributed by atoms with Gasteiger partial charge in [-0.3, -0.25) is 9.69 Å². The second-order valence-electron chi connectivity index (χ2n) is 11.9. The molecule has 11 heteroatoms. The standard InChI is InChI=1S/C36H43N5O6/c1-25-28(23-37-36(44)46-21-20-41-18-8-5-9-19-41)14-17-30-32(25)34(43)47-35(38-30)39-31(22-26-12-15-29(45-3)16-13-26)33(42)40(2)24-27-10-6-4-7-11-27/h4,6-7,10-17,31H,5,8-9,18-24H2,1-3H3,(H,37,44)(H,38,39)/t31-/m0/s1. The number of aryl methyl sites for hydroxylation is 1. The molecule has 1 fully saturated rings. The second-order valence-corrected chi connectivity index (χ2v) is 11.9. The summed E-state index contributed by atoms with van der Waals surface area (Å²) in [6.45, 7) is 5.53. The molecule has 1 aliphatic rings. The van der Waals surface area contributed by atoms with Crippen molar-refractivity contribution in [3.63, 3.8) is 0 Å². The van der Waals surface area contributed by atoms with Crippen LogP contribution in [-0.2, 0) is 29.0 Å². The summed E-state index contributed by atoms with van der Waals surface area (Å²) >= 11 is 0. The van der Waals surface area contributed by atoms with E-state index in [4.69, 9.17) is 13.9 Å². The highest BCUT2D eigenvalue weighted by atomic mass is 16.5. The molecule has 0 radical (unpaired) electrons. The Labute approximate surface area is 274 Å². The maximum atomic E-state index is 13.7. The van der Waals surface area contributed by atoms with E-state index in [-0.39, 0.29) is 18.5 Å². The van der Waals surface area contributed by atoms with E-state index in [0.717, 1.165) is 36.3 Å². The minimum absolute atomic E-state index is 0.0509. The van der Waals surface area contributed by atoms with E-state index in [1.165, 1.54) is 19.3 Å². The molecule has 1 saturated heterocycles. The van der Waals surface area contributed by atoms with E-state index in [1.54, 1.807) is 32.0 Å². The van der Waals surface area contributed by atoms with Gasteiger partial charge in [-0.05, 0) is 73.3 Å². The van der Waals surface area contributed by atoms with Crippen molar-refractivity contribution < 1.29 is 23.5 Å². The highest BCUT2D eigenvalue weighted by Crippen LogP contribution is 2.21. The van der Waals surface area contributed by atoms with E-state index in [2.05, 4.69) is 20.5 Å². The summed E-state index contributed by atoms with van der Waals surface area (Å²) in [5.41, 5.74) is 3.11. The minimum Gasteiger partial charge on any atom is -0.497 e. The number of nitrogens with zero attached hydrogens (tertiary/aromatic N) is 3. The van der Waals surface area contributed by atoms with Gasteiger partial charge >= 0.3 is 11.7 Å². The topological polar surface area (TPSA) is 126 Å². The van der Waals surface area contributed by atoms with Crippen molar-refractivity contribution in [1.82, 2.24) is 20.1 Å². The highest BCUT2D eigenvalue weighted by Gasteiger charge is 2.25. The molecule has 0 saturated carbocycles. The van der Waals surface area contributed by atoms with Crippen LogP contribution in [0.5, 0.6) is 5.75 Å². The Hall–Kier alpha value is -4.90. The summed E-state index contributed by atoms with van der Waals surface area (Å²) < 4.78 is 16.3. The lowest BCUT2D eigenvalue weighted by molar-refractivity contribution is -0.131. The van der Waals surface area contributed by atoms with E-state index in [9.17, 15) is 14.4 Å². The zero-order valence-electron chi connectivity index (χ0n) is 27.3. The molecule has 1 aromatic heterocycles. The predicted molar refractivity (Wildman–Crippen MR) is 181 cm³/mol. The lowest BCUT2D eigenvalue weighted by Gasteiger charge is -2.25. The number of piperidine rings is 1. The molecule has 5 rings (SSSR count). The number of methoxy groups -OCH3 is 1. The number of benzene rings is 3. The zero-order chi connectivity index (χ0) is 33.2. The van der Waals surface area contributed by atoms with Crippen LogP contribution in [0.3, 0.4) is 0 Å². The Bertz CT molecular complexity index is 1700. The van der Waals surface area contributed by atoms with Crippen LogP contribution in [0.1, 0.15) is 41.5 Å². The molecule has 3 aromatic carbocycles. The fourth-order valence-electron chi connectivity index (χ4n) is 5.83. The number of nitrogens with one attached hydrogen (secondary N) is 2. The third kappa shape index (κ3) is 9.10. The van der Waals surface area contributed by atoms with Crippen molar-refractivity contribution in [3.8, 4) is 5.75 Å². The number of likely N-dealkylation sites (N-methyl/N-ethyl adjacent to an activating group) is 1. The summed E-state index contributed by atoms with van der Waals surface area (Å²) in [4.78, 5) is 47.9. The first-order valence-electron chi connectivity index (χ1n) is 16.1. The second kappa shape index (κ2) is 16.1. The number of hydrogen-bond acceptors (Lipinski definition) is 9. The van der Waals surface area contributed by atoms with Crippen molar-refractivity contribution in [3.05, 3.63) is 99.4 Å². The molecule has 4 aromatic rings. The highest BCUT2D eigenvalue weighted by molar-refractivity contribution is 5.85. The summed E-state index contributed by atoms with van der Waals surface area (Å²) in [5, 5.41) is 6.18. The number of fused-ring (bicyclic) bond motifs is 1. The predicted octanol–water partition coefficient (Wildman–Crippen LogP) is 4.90. The number of hydrogen-bond donors (Lipinski definition) is 2. The van der Waals surface area contributed by atoms with E-state index in [1.807, 2.05) is 60.7 Å². The summed E-state index contributed by atoms with van der Waals surface area (Å²) in [5.74, 6) is 0.525. The molecule has 0 spiro atoms. The zero-order valence-corrected chi connectivity index (χ0v) is 27.3. The van der Waals surface area contributed by atoms with Gasteiger partial charge in [-0.25, -0.2) is 9.59 Å². The van der Waals surface area contributed by atoms with Crippen LogP contribution < -0.4 is 21.0 Å². The Morgan fingerprint density at radius 3 is 2.47 bits per heavy atom. The van der Waals surface area contributed by atoms with Gasteiger partial charge in [-0.2, -0.15) is 4.98 Å². The molecule has 2 N–H and O–H groups in total. The van der Waals surface area contributed by atoms with Crippen LogP contribution in [0, 0.1) is 6.92 Å². The average Bonchev–Trinajstić information content (AvgIpc) is 3.08. The van der Waals surface area contributed by atoms with Crippen molar-refractivity contribution >= 4 is 28.9 Å². The lowest BCUT2D eigenvalue weighted by Crippen LogP contribution is -2.42. The average molecular weight is 642 g/mol. The third-order valence-electron chi connectivity index (χ3n) is 8.52. The maximum absolute atomic E-state index is 13.7. The molecule has 2 amide bonds. The summed E-state index contributed by atoms with van der Waals surface area (Å²) in [7, 11) is 3.34. The van der Waals surface area contributed by atoms with Gasteiger partial charge in [-0.15, -0.1) is 0 Å². The molecular weight excluding hydrogens is 598 g/mol. The molecule has 0 bridgehead atoms. The fourth-order valence-corrected chi connectivity index (χ4v) is 5.83. The van der Waals surface area contributed by atoms with Crippen LogP contribution in [0.4, 0.5) is 10.8 Å². The number of alkyl carbamates (subject to hydrolysis) is 1. The largest absolute Gasteiger partial charge is 0.497 e. The van der Waals surface area contributed by atoms with Gasteiger partial charge < -0.3 is 29.4 Å². The quantitative estimate of drug-likeness (QED) is 0.210. The van der Waals surface area contributed by atoms with Crippen molar-refractivity contribution in [2.45, 2.75) is 51.7 Å². The van der Waals surface area contributed by atoms with Gasteiger partial charge in [0.05, 0.1) is 18.0 Å². The first-order valence-corrected chi connectivity index (χ1v) is 16.1. The first-order chi connectivity index (χ1) is 22.8. The van der Waals surface area contributed by atoms with E-state index >= 15 is 0 Å². The minimum atomic E-state index is -0.768. The number of carbonyl (C=O) groups is 2. The molecule has 0 unspecified atom stereocenters. The fraction of sp³-hybridized carbons (Fsp3) is 0.389. The van der Waals surface area contributed by atoms with Crippen LogP contribution >= 0.6 is 0 Å². The van der Waals surface area contributed by atoms with E-state index < -0.39 is 17.8 Å². The Balaban J connectivity index is 1.28. The van der Waals surface area contributed by atoms with Gasteiger partial charge in [0, 0.05) is 33.1 Å². The number of anilines is 1. The Morgan fingerprint density at radius 2 is 1.74 bits per heavy atom. The molecular formula is C36H43N5O6. The van der Waals surface area contributed by atoms with Crippen LogP contribution in [0.25, 0.3) is 10.9 Å². The Morgan fingerprint density at radius 1 is 1.00 bits per heavy atom. The Kier molecular flexibility index (Phi) is 11.5. The van der Waals surface area contributed by atoms with E-state index in [0.29, 0.717) is 41.8 Å². The summed E-state index contributed by atoms with van der Waals surface area (Å²) in [6.07, 6.45) is 3.44. The van der Waals surface area contributed by atoms with Crippen LogP contribution in [-0.4, -0.2) is 73.2 Å². The molecule has 1 aliphatic heterocycles. The van der Waals surface area contributed by atoms with Gasteiger partial charge in [0.25, 0.3) is 6.01 Å². The number of aromatic nitrogens is 1. The van der Waals surface area contributed by atoms with Crippen molar-refractivity contribution in [2.24, 2.45) is 0 Å². The summed E-state index contributed by atoms with van der Waals surface area (Å²) in [6, 6.07) is 19.9. The maximum Gasteiger partial charge on any atom is 0.407 e. The molecule has 2 heterocycles. The lowest BCUT2D eigenvalue weighted by atomic mass is 10.0. The first kappa shape index (κ1) is 33.5. The van der Waals surface area contributed by atoms with Gasteiger partial charge in [0.1, 0.15) is 18.4 Å². The normalized spacial score (nSPS) is 13.9. The molecule has 248 valence electrons. The number of likely N-dealkylation sites (tertiary alicyclic amines) is 1. The molecule has 11 nitrogen and oxygen atoms in total. The number of amides is 2. The number of carbonyl (C=O) groups excluding carboxylic acids is 2. The van der Waals surface area contributed by atoms with Crippen molar-refractivity contribution in [1.29, 1.82) is 0 Å². The number of ether oxygens (including phenoxy) is 2. The smallest absolute Gasteiger partial charge is 0.407 e. The monoisotopic (exact) mass is 641 g/mol. The molecule has 47 heavy (non-hydrogen) atoms. The third-order valence-corrected chi connectivity index (χ3v) is 8.52. The molecule has 0 aliphatic carbocycles. The van der Waals surface area contributed by atoms with Gasteiger partial charge in [0.15, 0.2) is 0 Å². The van der Waals surface area contributed by atoms with Gasteiger partial charge in [0.2, 0.25) is 5.91 Å². The van der Waals surface area contributed by atoms with Crippen LogP contribution in [0.15, 0.2) is 75.9 Å².